The van der Waals surface area contributed by atoms with Crippen molar-refractivity contribution in [3.05, 3.63) is 12.2 Å². The molecule has 0 spiro atoms. The zero-order valence-electron chi connectivity index (χ0n) is 14.6. The zero-order valence-corrected chi connectivity index (χ0v) is 16.3. The molecular weight excluding hydrogens is 387 g/mol. The van der Waals surface area contributed by atoms with Crippen LogP contribution < -0.4 is 0 Å². The van der Waals surface area contributed by atoms with Crippen LogP contribution in [0, 0.1) is 0 Å². The molecule has 0 radical (unpaired) electrons. The lowest BCUT2D eigenvalue weighted by Crippen LogP contribution is -2.21. The van der Waals surface area contributed by atoms with Crippen molar-refractivity contribution in [1.82, 2.24) is 0 Å². The van der Waals surface area contributed by atoms with Gasteiger partial charge in [-0.25, -0.2) is 14.2 Å². The molecule has 0 bridgehead atoms. The molecule has 0 saturated heterocycles. The van der Waals surface area contributed by atoms with E-state index in [0.717, 1.165) is 51.4 Å². The Hall–Kier alpha value is -0.920. The molecule has 0 unspecified atom stereocenters. The Morgan fingerprint density at radius 2 is 1.00 bits per heavy atom. The highest BCUT2D eigenvalue weighted by Crippen LogP contribution is 2.25. The molecule has 0 atom stereocenters. The molecule has 0 aromatic carbocycles. The number of carbonyl (C=O) groups excluding carboxylic acids is 2. The number of hydrogen-bond donors (Lipinski definition) is 3. The molecule has 152 valence electrons. The van der Waals surface area contributed by atoms with Gasteiger partial charge in [0.15, 0.2) is 0 Å². The van der Waals surface area contributed by atoms with Gasteiger partial charge in [-0.2, -0.15) is 0 Å². The van der Waals surface area contributed by atoms with Crippen LogP contribution in [-0.2, 0) is 23.6 Å². The lowest BCUT2D eigenvalue weighted by atomic mass is 9.98. The molecule has 26 heavy (non-hydrogen) atoms. The van der Waals surface area contributed by atoms with Gasteiger partial charge in [-0.1, -0.05) is 12.8 Å². The summed E-state index contributed by atoms with van der Waals surface area (Å²) in [4.78, 5) is 44.7. The Labute approximate surface area is 159 Å². The Kier molecular flexibility index (Phi) is 12.8. The van der Waals surface area contributed by atoms with Crippen molar-refractivity contribution in [3.8, 4) is 0 Å². The lowest BCUT2D eigenvalue weighted by Gasteiger charge is -2.21. The molecule has 0 aromatic heterocycles. The third-order valence-electron chi connectivity index (χ3n) is 4.03. The van der Waals surface area contributed by atoms with E-state index >= 15 is 0 Å². The molecule has 2 saturated carbocycles. The van der Waals surface area contributed by atoms with Gasteiger partial charge >= 0.3 is 19.8 Å². The summed E-state index contributed by atoms with van der Waals surface area (Å²) in [6.07, 6.45) is 13.1. The van der Waals surface area contributed by atoms with Crippen LogP contribution in [0.5, 0.6) is 0 Å². The van der Waals surface area contributed by atoms with Crippen LogP contribution in [-0.4, -0.2) is 38.8 Å². The maximum absolute atomic E-state index is 11.6. The summed E-state index contributed by atoms with van der Waals surface area (Å²) >= 11 is 0. The predicted molar refractivity (Wildman–Crippen MR) is 96.6 cm³/mol. The normalized spacial score (nSPS) is 19.0. The third-order valence-corrected chi connectivity index (χ3v) is 4.03. The molecule has 0 aromatic rings. The molecule has 2 aliphatic rings. The first-order chi connectivity index (χ1) is 11.7. The maximum atomic E-state index is 11.6. The van der Waals surface area contributed by atoms with Gasteiger partial charge in [0.25, 0.3) is 0 Å². The highest BCUT2D eigenvalue weighted by Gasteiger charge is 2.18. The van der Waals surface area contributed by atoms with E-state index in [9.17, 15) is 9.59 Å². The van der Waals surface area contributed by atoms with E-state index in [0.29, 0.717) is 0 Å². The summed E-state index contributed by atoms with van der Waals surface area (Å²) in [6.45, 7) is 0. The van der Waals surface area contributed by atoms with Crippen LogP contribution in [0.4, 0.5) is 0 Å². The van der Waals surface area contributed by atoms with E-state index in [-0.39, 0.29) is 24.6 Å². The van der Waals surface area contributed by atoms with E-state index in [1.54, 1.807) is 0 Å². The number of esters is 2. The Morgan fingerprint density at radius 1 is 0.731 bits per heavy atom. The fraction of sp³-hybridized carbons (Fsp3) is 0.750. The molecule has 3 N–H and O–H groups in total. The third kappa shape index (κ3) is 14.3. The quantitative estimate of drug-likeness (QED) is 0.363. The van der Waals surface area contributed by atoms with Gasteiger partial charge in [0, 0.05) is 12.2 Å². The molecule has 2 fully saturated rings. The second kappa shape index (κ2) is 13.3. The maximum Gasteiger partial charge on any atom is 0.466 e. The van der Waals surface area contributed by atoms with Crippen molar-refractivity contribution in [3.63, 3.8) is 0 Å². The minimum atomic E-state index is -4.64. The zero-order chi connectivity index (χ0) is 18.7. The molecule has 0 heterocycles. The predicted octanol–water partition coefficient (Wildman–Crippen LogP) is 2.79. The molecular formula is C16H28ClO8P. The van der Waals surface area contributed by atoms with E-state index in [1.807, 2.05) is 0 Å². The lowest BCUT2D eigenvalue weighted by molar-refractivity contribution is -0.147. The number of carbonyl (C=O) groups is 2. The van der Waals surface area contributed by atoms with Crippen molar-refractivity contribution in [1.29, 1.82) is 0 Å². The second-order valence-corrected chi connectivity index (χ2v) is 7.27. The molecule has 8 nitrogen and oxygen atoms in total. The number of ether oxygens (including phenoxy) is 2. The molecule has 2 aliphatic carbocycles. The molecule has 0 amide bonds. The van der Waals surface area contributed by atoms with E-state index in [2.05, 4.69) is 0 Å². The van der Waals surface area contributed by atoms with Crippen LogP contribution in [0.1, 0.15) is 64.2 Å². The molecule has 2 rings (SSSR count). The van der Waals surface area contributed by atoms with Gasteiger partial charge < -0.3 is 24.2 Å². The topological polar surface area (TPSA) is 130 Å². The Bertz CT molecular complexity index is 450. The van der Waals surface area contributed by atoms with Crippen LogP contribution in [0.15, 0.2) is 12.2 Å². The Morgan fingerprint density at radius 3 is 1.27 bits per heavy atom. The fourth-order valence-electron chi connectivity index (χ4n) is 2.91. The summed E-state index contributed by atoms with van der Waals surface area (Å²) in [7, 11) is -4.64. The molecule has 0 aliphatic heterocycles. The summed E-state index contributed by atoms with van der Waals surface area (Å²) in [5.41, 5.74) is 0. The minimum Gasteiger partial charge on any atom is -0.459 e. The van der Waals surface area contributed by atoms with Crippen LogP contribution in [0.25, 0.3) is 0 Å². The van der Waals surface area contributed by atoms with Gasteiger partial charge in [-0.15, -0.1) is 12.4 Å². The van der Waals surface area contributed by atoms with Crippen molar-refractivity contribution in [2.24, 2.45) is 0 Å². The highest BCUT2D eigenvalue weighted by molar-refractivity contribution is 7.45. The van der Waals surface area contributed by atoms with Crippen LogP contribution in [0.3, 0.4) is 0 Å². The fourth-order valence-corrected chi connectivity index (χ4v) is 2.91. The van der Waals surface area contributed by atoms with Crippen molar-refractivity contribution in [2.45, 2.75) is 76.4 Å². The van der Waals surface area contributed by atoms with Gasteiger partial charge in [0.1, 0.15) is 12.2 Å². The summed E-state index contributed by atoms with van der Waals surface area (Å²) in [5.74, 6) is -0.866. The average molecular weight is 415 g/mol. The minimum absolute atomic E-state index is 0. The first-order valence-corrected chi connectivity index (χ1v) is 10.2. The summed E-state index contributed by atoms with van der Waals surface area (Å²) in [5, 5.41) is 0. The number of halogens is 1. The highest BCUT2D eigenvalue weighted by atomic mass is 35.5. The largest absolute Gasteiger partial charge is 0.466 e. The Balaban J connectivity index is 0.000000923. The van der Waals surface area contributed by atoms with Crippen LogP contribution in [0.2, 0.25) is 0 Å². The van der Waals surface area contributed by atoms with Gasteiger partial charge in [-0.3, -0.25) is 0 Å². The smallest absolute Gasteiger partial charge is 0.459 e. The first-order valence-electron chi connectivity index (χ1n) is 8.61. The van der Waals surface area contributed by atoms with Crippen molar-refractivity contribution < 1.29 is 38.3 Å². The summed E-state index contributed by atoms with van der Waals surface area (Å²) < 4.78 is 19.5. The van der Waals surface area contributed by atoms with Crippen molar-refractivity contribution >= 4 is 32.2 Å². The SMILES string of the molecule is Cl.O=C(/C=C\C(=O)OC1CCCCC1)OC1CCCCC1.O=P(O)(O)O. The van der Waals surface area contributed by atoms with E-state index < -0.39 is 19.8 Å². The average Bonchev–Trinajstić information content (AvgIpc) is 2.53. The monoisotopic (exact) mass is 414 g/mol. The number of hydrogen-bond acceptors (Lipinski definition) is 5. The second-order valence-electron chi connectivity index (χ2n) is 6.24. The summed E-state index contributed by atoms with van der Waals surface area (Å²) in [6, 6.07) is 0. The van der Waals surface area contributed by atoms with Crippen molar-refractivity contribution in [2.75, 3.05) is 0 Å². The van der Waals surface area contributed by atoms with Gasteiger partial charge in [-0.05, 0) is 51.4 Å². The van der Waals surface area contributed by atoms with Gasteiger partial charge in [0.05, 0.1) is 0 Å². The first kappa shape index (κ1) is 25.1. The standard InChI is InChI=1S/C16H24O4.ClH.H3O4P/c17-15(19-13-7-3-1-4-8-13)11-12-16(18)20-14-9-5-2-6-10-14;;1-5(2,3)4/h11-14H,1-10H2;1H;(H3,1,2,3,4)/b12-11-;;. The van der Waals surface area contributed by atoms with E-state index in [1.165, 1.54) is 25.0 Å². The van der Waals surface area contributed by atoms with Crippen LogP contribution >= 0.6 is 20.2 Å². The number of phosphoric acid groups is 1. The number of rotatable bonds is 4. The van der Waals surface area contributed by atoms with Gasteiger partial charge in [0.2, 0.25) is 0 Å². The molecule has 10 heteroatoms. The van der Waals surface area contributed by atoms with E-state index in [4.69, 9.17) is 28.7 Å².